The number of hydrogen-bond acceptors (Lipinski definition) is 3. The predicted octanol–water partition coefficient (Wildman–Crippen LogP) is 1.49. The molecule has 0 aliphatic carbocycles. The van der Waals surface area contributed by atoms with Gasteiger partial charge in [0.1, 0.15) is 0 Å². The molecule has 0 aliphatic rings. The minimum atomic E-state index is -2.19. The Kier molecular flexibility index (Phi) is 4.17. The van der Waals surface area contributed by atoms with Gasteiger partial charge in [0.2, 0.25) is 15.7 Å². The van der Waals surface area contributed by atoms with Crippen molar-refractivity contribution in [1.82, 2.24) is 0 Å². The van der Waals surface area contributed by atoms with E-state index in [4.69, 9.17) is 34.8 Å². The van der Waals surface area contributed by atoms with Crippen molar-refractivity contribution in [2.45, 2.75) is 6.42 Å². The molecule has 0 aromatic heterocycles. The zero-order valence-corrected chi connectivity index (χ0v) is 8.04. The summed E-state index contributed by atoms with van der Waals surface area (Å²) in [5.74, 6) is 0. The predicted molar refractivity (Wildman–Crippen MR) is 45.0 cm³/mol. The maximum Gasteiger partial charge on any atom is 0.245 e. The lowest BCUT2D eigenvalue weighted by Gasteiger charge is -2.18. The molecule has 12 heavy (non-hydrogen) atoms. The molecule has 0 heterocycles. The van der Waals surface area contributed by atoms with Crippen LogP contribution in [0.2, 0.25) is 0 Å². The topological polar surface area (TPSA) is 51.2 Å². The monoisotopic (exact) mass is 229 g/mol. The first-order valence-corrected chi connectivity index (χ1v) is 3.92. The Morgan fingerprint density at radius 1 is 1.00 bits per heavy atom. The second-order valence-corrected chi connectivity index (χ2v) is 3.01. The largest absolute Gasteiger partial charge is 0.280 e. The fourth-order valence-electron chi connectivity index (χ4n) is 0.527. The summed E-state index contributed by atoms with van der Waals surface area (Å²) in [6.45, 7) is 3.21. The molecule has 0 bridgehead atoms. The second-order valence-electron chi connectivity index (χ2n) is 1.98. The van der Waals surface area contributed by atoms with Gasteiger partial charge in [-0.1, -0.05) is 6.92 Å². The van der Waals surface area contributed by atoms with E-state index in [9.17, 15) is 14.4 Å². The van der Waals surface area contributed by atoms with Gasteiger partial charge in [0.25, 0.3) is 0 Å². The molecule has 1 radical (unpaired) electrons. The van der Waals surface area contributed by atoms with E-state index >= 15 is 0 Å². The van der Waals surface area contributed by atoms with Gasteiger partial charge >= 0.3 is 0 Å². The molecule has 0 amide bonds. The molecular weight excluding hydrogens is 226 g/mol. The summed E-state index contributed by atoms with van der Waals surface area (Å²) in [5.41, 5.74) is -2.19. The molecule has 0 saturated carbocycles. The third kappa shape index (κ3) is 1.79. The van der Waals surface area contributed by atoms with Crippen molar-refractivity contribution in [1.29, 1.82) is 0 Å². The Balaban J connectivity index is 5.19. The Bertz CT molecular complexity index is 200. The van der Waals surface area contributed by atoms with Crippen molar-refractivity contribution in [2.75, 3.05) is 0 Å². The first-order valence-electron chi connectivity index (χ1n) is 2.78. The summed E-state index contributed by atoms with van der Waals surface area (Å²) in [4.78, 5) is 32.1. The molecule has 0 unspecified atom stereocenters. The van der Waals surface area contributed by atoms with Crippen LogP contribution in [-0.2, 0) is 14.4 Å². The van der Waals surface area contributed by atoms with Crippen LogP contribution >= 0.6 is 34.8 Å². The van der Waals surface area contributed by atoms with Gasteiger partial charge in [0.15, 0.2) is 5.41 Å². The van der Waals surface area contributed by atoms with E-state index in [0.29, 0.717) is 0 Å². The van der Waals surface area contributed by atoms with E-state index in [1.807, 2.05) is 0 Å². The highest BCUT2D eigenvalue weighted by Crippen LogP contribution is 2.30. The normalized spacial score (nSPS) is 11.0. The first-order chi connectivity index (χ1) is 5.39. The van der Waals surface area contributed by atoms with E-state index < -0.39 is 21.1 Å². The van der Waals surface area contributed by atoms with E-state index in [2.05, 4.69) is 6.92 Å². The van der Waals surface area contributed by atoms with E-state index in [0.717, 1.165) is 0 Å². The lowest BCUT2D eigenvalue weighted by Crippen LogP contribution is -2.39. The summed E-state index contributed by atoms with van der Waals surface area (Å²) >= 11 is 15.0. The molecule has 0 fully saturated rings. The molecule has 0 saturated heterocycles. The first kappa shape index (κ1) is 11.9. The highest BCUT2D eigenvalue weighted by Gasteiger charge is 2.48. The van der Waals surface area contributed by atoms with Gasteiger partial charge in [-0.3, -0.25) is 14.4 Å². The van der Waals surface area contributed by atoms with Crippen LogP contribution in [0.15, 0.2) is 0 Å². The zero-order valence-electron chi connectivity index (χ0n) is 5.77. The van der Waals surface area contributed by atoms with Crippen LogP contribution in [0.25, 0.3) is 0 Å². The maximum atomic E-state index is 10.7. The van der Waals surface area contributed by atoms with Gasteiger partial charge < -0.3 is 0 Å². The molecule has 0 aromatic rings. The van der Waals surface area contributed by atoms with Crippen LogP contribution in [-0.4, -0.2) is 15.7 Å². The molecule has 0 rings (SSSR count). The number of halogens is 3. The number of hydrogen-bond donors (Lipinski definition) is 0. The Morgan fingerprint density at radius 2 is 1.25 bits per heavy atom. The summed E-state index contributed by atoms with van der Waals surface area (Å²) in [6, 6.07) is 0. The third-order valence-corrected chi connectivity index (χ3v) is 2.35. The van der Waals surface area contributed by atoms with Crippen molar-refractivity contribution in [3.63, 3.8) is 0 Å². The molecule has 6 heteroatoms. The van der Waals surface area contributed by atoms with Gasteiger partial charge in [-0.2, -0.15) is 0 Å². The highest BCUT2D eigenvalue weighted by atomic mass is 35.5. The average molecular weight is 230 g/mol. The van der Waals surface area contributed by atoms with Crippen molar-refractivity contribution < 1.29 is 14.4 Å². The Morgan fingerprint density at radius 3 is 1.25 bits per heavy atom. The quantitative estimate of drug-likeness (QED) is 0.543. The lowest BCUT2D eigenvalue weighted by atomic mass is 9.90. The number of rotatable bonds is 4. The summed E-state index contributed by atoms with van der Waals surface area (Å²) in [7, 11) is 0. The molecule has 0 atom stereocenters. The van der Waals surface area contributed by atoms with Gasteiger partial charge in [0.05, 0.1) is 0 Å². The fourth-order valence-corrected chi connectivity index (χ4v) is 1.47. The zero-order chi connectivity index (χ0) is 9.94. The van der Waals surface area contributed by atoms with Gasteiger partial charge in [-0.15, -0.1) is 0 Å². The van der Waals surface area contributed by atoms with E-state index in [1.165, 1.54) is 0 Å². The van der Waals surface area contributed by atoms with Gasteiger partial charge in [0, 0.05) is 0 Å². The molecule has 0 aliphatic heterocycles. The molecule has 67 valence electrons. The van der Waals surface area contributed by atoms with E-state index in [-0.39, 0.29) is 6.42 Å². The van der Waals surface area contributed by atoms with Crippen LogP contribution in [0.5, 0.6) is 0 Å². The van der Waals surface area contributed by atoms with Crippen molar-refractivity contribution in [3.8, 4) is 0 Å². The molecule has 3 nitrogen and oxygen atoms in total. The van der Waals surface area contributed by atoms with E-state index in [1.54, 1.807) is 0 Å². The lowest BCUT2D eigenvalue weighted by molar-refractivity contribution is -0.138. The Labute approximate surface area is 84.0 Å². The van der Waals surface area contributed by atoms with Crippen LogP contribution in [0.3, 0.4) is 0 Å². The molecule has 0 aromatic carbocycles. The summed E-state index contributed by atoms with van der Waals surface area (Å²) in [5, 5.41) is -3.63. The minimum absolute atomic E-state index is 0.389. The van der Waals surface area contributed by atoms with Gasteiger partial charge in [-0.25, -0.2) is 0 Å². The minimum Gasteiger partial charge on any atom is -0.280 e. The molecular formula is C6H4Cl3O3. The Hall–Kier alpha value is -0.120. The average Bonchev–Trinajstić information content (AvgIpc) is 1.86. The van der Waals surface area contributed by atoms with Crippen LogP contribution in [0, 0.1) is 12.3 Å². The summed E-state index contributed by atoms with van der Waals surface area (Å²) in [6.07, 6.45) is -0.389. The SMILES string of the molecule is [CH2]CC(C(=O)Cl)(C(=O)Cl)C(=O)Cl. The second kappa shape index (κ2) is 4.21. The fraction of sp³-hybridized carbons (Fsp3) is 0.333. The van der Waals surface area contributed by atoms with Crippen molar-refractivity contribution in [2.24, 2.45) is 5.41 Å². The number of carbonyl (C=O) groups is 3. The smallest absolute Gasteiger partial charge is 0.245 e. The maximum absolute atomic E-state index is 10.7. The van der Waals surface area contributed by atoms with Crippen molar-refractivity contribution >= 4 is 50.5 Å². The van der Waals surface area contributed by atoms with Crippen molar-refractivity contribution in [3.05, 3.63) is 6.92 Å². The molecule has 0 N–H and O–H groups in total. The third-order valence-electron chi connectivity index (χ3n) is 1.38. The number of carbonyl (C=O) groups excluding carboxylic acids is 3. The van der Waals surface area contributed by atoms with Crippen LogP contribution in [0.4, 0.5) is 0 Å². The standard InChI is InChI=1S/C6H4Cl3O3/c1-2-6(3(7)10,4(8)11)5(9)12/h1-2H2. The summed E-state index contributed by atoms with van der Waals surface area (Å²) < 4.78 is 0. The molecule has 0 spiro atoms. The van der Waals surface area contributed by atoms with Gasteiger partial charge in [-0.05, 0) is 41.2 Å². The highest BCUT2D eigenvalue weighted by molar-refractivity contribution is 6.83. The van der Waals surface area contributed by atoms with Crippen LogP contribution < -0.4 is 0 Å². The van der Waals surface area contributed by atoms with Crippen LogP contribution in [0.1, 0.15) is 6.42 Å².